The zero-order valence-electron chi connectivity index (χ0n) is 19.7. The van der Waals surface area contributed by atoms with Crippen LogP contribution >= 0.6 is 24.0 Å². The lowest BCUT2D eigenvalue weighted by molar-refractivity contribution is -0.00805. The van der Waals surface area contributed by atoms with Crippen LogP contribution < -0.4 is 10.1 Å². The number of aryl methyl sites for hydroxylation is 2. The van der Waals surface area contributed by atoms with Crippen LogP contribution in [-0.2, 0) is 24.8 Å². The molecule has 1 aromatic heterocycles. The Balaban J connectivity index is 0.00000274. The lowest BCUT2D eigenvalue weighted by Crippen LogP contribution is -2.47. The first-order chi connectivity index (χ1) is 16.2. The van der Waals surface area contributed by atoms with Gasteiger partial charge in [-0.1, -0.05) is 30.3 Å². The molecule has 1 atom stereocenters. The number of benzene rings is 2. The van der Waals surface area contributed by atoms with E-state index in [-0.39, 0.29) is 30.1 Å². The number of halogens is 1. The van der Waals surface area contributed by atoms with E-state index in [2.05, 4.69) is 62.8 Å². The number of rotatable bonds is 4. The Morgan fingerprint density at radius 3 is 2.74 bits per heavy atom. The molecule has 0 aliphatic carbocycles. The highest BCUT2D eigenvalue weighted by Crippen LogP contribution is 2.30. The van der Waals surface area contributed by atoms with E-state index in [0.29, 0.717) is 6.61 Å². The van der Waals surface area contributed by atoms with Crippen molar-refractivity contribution in [2.24, 2.45) is 12.0 Å². The predicted molar refractivity (Wildman–Crippen MR) is 145 cm³/mol. The molecule has 7 nitrogen and oxygen atoms in total. The van der Waals surface area contributed by atoms with Gasteiger partial charge in [0, 0.05) is 38.9 Å². The Hall–Kier alpha value is -2.59. The average molecular weight is 573 g/mol. The molecular weight excluding hydrogens is 541 g/mol. The summed E-state index contributed by atoms with van der Waals surface area (Å²) < 4.78 is 13.5. The van der Waals surface area contributed by atoms with Crippen LogP contribution in [0.3, 0.4) is 0 Å². The van der Waals surface area contributed by atoms with Gasteiger partial charge in [-0.2, -0.15) is 5.10 Å². The summed E-state index contributed by atoms with van der Waals surface area (Å²) in [6.07, 6.45) is 6.08. The van der Waals surface area contributed by atoms with Crippen LogP contribution in [0.1, 0.15) is 29.2 Å². The van der Waals surface area contributed by atoms with Crippen LogP contribution in [0.2, 0.25) is 0 Å². The second-order valence-electron chi connectivity index (χ2n) is 8.62. The highest BCUT2D eigenvalue weighted by molar-refractivity contribution is 14.0. The van der Waals surface area contributed by atoms with Gasteiger partial charge in [-0.3, -0.25) is 9.67 Å². The minimum absolute atomic E-state index is 0. The summed E-state index contributed by atoms with van der Waals surface area (Å²) in [6, 6.07) is 15.3. The zero-order valence-corrected chi connectivity index (χ0v) is 22.1. The quantitative estimate of drug-likeness (QED) is 0.289. The van der Waals surface area contributed by atoms with Crippen LogP contribution in [0.5, 0.6) is 5.75 Å². The number of nitrogens with one attached hydrogen (secondary N) is 1. The van der Waals surface area contributed by atoms with Crippen molar-refractivity contribution in [1.82, 2.24) is 20.0 Å². The number of aromatic nitrogens is 2. The summed E-state index contributed by atoms with van der Waals surface area (Å²) in [5.74, 6) is 1.93. The Labute approximate surface area is 218 Å². The Morgan fingerprint density at radius 2 is 1.97 bits per heavy atom. The first-order valence-electron chi connectivity index (χ1n) is 11.6. The molecule has 0 bridgehead atoms. The highest BCUT2D eigenvalue weighted by Gasteiger charge is 2.25. The van der Waals surface area contributed by atoms with E-state index in [1.54, 1.807) is 0 Å². The molecule has 2 aliphatic rings. The molecule has 2 aliphatic heterocycles. The third-order valence-corrected chi connectivity index (χ3v) is 6.32. The van der Waals surface area contributed by atoms with Gasteiger partial charge < -0.3 is 19.7 Å². The van der Waals surface area contributed by atoms with Gasteiger partial charge in [0.15, 0.2) is 5.96 Å². The monoisotopic (exact) mass is 573 g/mol. The lowest BCUT2D eigenvalue weighted by atomic mass is 9.98. The number of hydrogen-bond donors (Lipinski definition) is 1. The second-order valence-corrected chi connectivity index (χ2v) is 8.62. The van der Waals surface area contributed by atoms with Gasteiger partial charge >= 0.3 is 0 Å². The molecule has 1 fully saturated rings. The minimum Gasteiger partial charge on any atom is -0.493 e. The van der Waals surface area contributed by atoms with Crippen LogP contribution in [0.4, 0.5) is 0 Å². The molecule has 0 saturated carbocycles. The van der Waals surface area contributed by atoms with Crippen LogP contribution in [0.25, 0.3) is 11.1 Å². The molecule has 2 aromatic carbocycles. The average Bonchev–Trinajstić information content (AvgIpc) is 3.31. The lowest BCUT2D eigenvalue weighted by Gasteiger charge is -2.34. The van der Waals surface area contributed by atoms with Crippen molar-refractivity contribution < 1.29 is 9.47 Å². The number of guanidine groups is 1. The molecule has 3 heterocycles. The van der Waals surface area contributed by atoms with Crippen molar-refractivity contribution in [2.75, 3.05) is 33.4 Å². The number of nitrogens with zero attached hydrogens (tertiary/aromatic N) is 4. The maximum atomic E-state index is 5.97. The fourth-order valence-electron chi connectivity index (χ4n) is 4.52. The summed E-state index contributed by atoms with van der Waals surface area (Å²) >= 11 is 0. The molecule has 0 radical (unpaired) electrons. The molecular formula is C26H32IN5O2. The standard InChI is InChI=1S/C26H31N5O2.HI/c1-27-26(31-11-13-33-25(18-31)23-16-29-30(2)17-23)28-15-19-5-7-20(8-6-19)21-9-10-24-22(14-21)4-3-12-32-24;/h5-10,14,16-17,25H,3-4,11-13,15,18H2,1-2H3,(H,27,28);1H. The van der Waals surface area contributed by atoms with E-state index in [4.69, 9.17) is 9.47 Å². The van der Waals surface area contributed by atoms with E-state index in [1.807, 2.05) is 31.2 Å². The molecule has 0 amide bonds. The molecule has 180 valence electrons. The number of aliphatic imine (C=N–C) groups is 1. The fourth-order valence-corrected chi connectivity index (χ4v) is 4.52. The number of ether oxygens (including phenoxy) is 2. The van der Waals surface area contributed by atoms with Gasteiger partial charge in [0.1, 0.15) is 11.9 Å². The Kier molecular flexibility index (Phi) is 8.10. The minimum atomic E-state index is 0. The maximum absolute atomic E-state index is 5.97. The Bertz CT molecular complexity index is 1130. The fraction of sp³-hybridized carbons (Fsp3) is 0.385. The summed E-state index contributed by atoms with van der Waals surface area (Å²) in [4.78, 5) is 6.76. The third kappa shape index (κ3) is 5.55. The second kappa shape index (κ2) is 11.2. The summed E-state index contributed by atoms with van der Waals surface area (Å²) in [7, 11) is 3.76. The van der Waals surface area contributed by atoms with Crippen LogP contribution in [-0.4, -0.2) is 54.0 Å². The van der Waals surface area contributed by atoms with Crippen molar-refractivity contribution in [3.05, 3.63) is 71.5 Å². The van der Waals surface area contributed by atoms with Crippen LogP contribution in [0.15, 0.2) is 59.9 Å². The van der Waals surface area contributed by atoms with E-state index >= 15 is 0 Å². The SMILES string of the molecule is CN=C(NCc1ccc(-c2ccc3c(c2)CCCO3)cc1)N1CCOC(c2cnn(C)c2)C1.I. The van der Waals surface area contributed by atoms with Gasteiger partial charge in [0.2, 0.25) is 0 Å². The number of fused-ring (bicyclic) bond motifs is 1. The van der Waals surface area contributed by atoms with E-state index in [1.165, 1.54) is 22.3 Å². The highest BCUT2D eigenvalue weighted by atomic mass is 127. The largest absolute Gasteiger partial charge is 0.493 e. The van der Waals surface area contributed by atoms with Gasteiger partial charge in [0.25, 0.3) is 0 Å². The molecule has 0 spiro atoms. The topological polar surface area (TPSA) is 63.9 Å². The van der Waals surface area contributed by atoms with Crippen LogP contribution in [0, 0.1) is 0 Å². The van der Waals surface area contributed by atoms with Crippen molar-refractivity contribution in [2.45, 2.75) is 25.5 Å². The summed E-state index contributed by atoms with van der Waals surface area (Å²) in [5.41, 5.74) is 6.09. The van der Waals surface area contributed by atoms with Gasteiger partial charge in [0.05, 0.1) is 26.0 Å². The molecule has 34 heavy (non-hydrogen) atoms. The molecule has 8 heteroatoms. The van der Waals surface area contributed by atoms with Crippen molar-refractivity contribution in [3.63, 3.8) is 0 Å². The van der Waals surface area contributed by atoms with E-state index < -0.39 is 0 Å². The van der Waals surface area contributed by atoms with Gasteiger partial charge in [-0.25, -0.2) is 0 Å². The molecule has 1 unspecified atom stereocenters. The smallest absolute Gasteiger partial charge is 0.194 e. The molecule has 1 N–H and O–H groups in total. The van der Waals surface area contributed by atoms with Gasteiger partial charge in [-0.15, -0.1) is 24.0 Å². The molecule has 5 rings (SSSR count). The van der Waals surface area contributed by atoms with Gasteiger partial charge in [-0.05, 0) is 47.2 Å². The molecule has 1 saturated heterocycles. The normalized spacial score (nSPS) is 18.0. The Morgan fingerprint density at radius 1 is 1.15 bits per heavy atom. The van der Waals surface area contributed by atoms with E-state index in [0.717, 1.165) is 56.4 Å². The third-order valence-electron chi connectivity index (χ3n) is 6.32. The summed E-state index contributed by atoms with van der Waals surface area (Å²) in [6.45, 7) is 3.79. The van der Waals surface area contributed by atoms with Crippen molar-refractivity contribution in [1.29, 1.82) is 0 Å². The first-order valence-corrected chi connectivity index (χ1v) is 11.6. The maximum Gasteiger partial charge on any atom is 0.194 e. The number of hydrogen-bond acceptors (Lipinski definition) is 4. The summed E-state index contributed by atoms with van der Waals surface area (Å²) in [5, 5.41) is 7.79. The number of morpholine rings is 1. The van der Waals surface area contributed by atoms with Crippen molar-refractivity contribution in [3.8, 4) is 16.9 Å². The zero-order chi connectivity index (χ0) is 22.6. The van der Waals surface area contributed by atoms with Crippen molar-refractivity contribution >= 4 is 29.9 Å². The first kappa shape index (κ1) is 24.5. The molecule has 3 aromatic rings. The van der Waals surface area contributed by atoms with E-state index in [9.17, 15) is 0 Å². The predicted octanol–water partition coefficient (Wildman–Crippen LogP) is 4.18.